The predicted octanol–water partition coefficient (Wildman–Crippen LogP) is 1.68. The van der Waals surface area contributed by atoms with E-state index < -0.39 is 5.54 Å². The van der Waals surface area contributed by atoms with Crippen LogP contribution < -0.4 is 4.74 Å². The third-order valence-electron chi connectivity index (χ3n) is 2.89. The zero-order valence-corrected chi connectivity index (χ0v) is 10.8. The molecular formula is C13H17N3O2. The third kappa shape index (κ3) is 2.09. The van der Waals surface area contributed by atoms with Gasteiger partial charge >= 0.3 is 0 Å². The van der Waals surface area contributed by atoms with Gasteiger partial charge < -0.3 is 9.84 Å². The molecule has 0 saturated carbocycles. The molecule has 1 aromatic heterocycles. The van der Waals surface area contributed by atoms with Crippen molar-refractivity contribution in [1.29, 1.82) is 0 Å². The molecule has 1 heterocycles. The molecule has 0 saturated heterocycles. The number of methoxy groups -OCH3 is 1. The minimum atomic E-state index is -0.507. The molecule has 2 rings (SSSR count). The number of hydrogen-bond donors (Lipinski definition) is 1. The highest BCUT2D eigenvalue weighted by molar-refractivity contribution is 5.66. The maximum absolute atomic E-state index is 9.44. The molecule has 0 spiro atoms. The Morgan fingerprint density at radius 3 is 2.72 bits per heavy atom. The molecule has 5 nitrogen and oxygen atoms in total. The number of rotatable bonds is 4. The van der Waals surface area contributed by atoms with Crippen LogP contribution in [0.15, 0.2) is 30.5 Å². The Hall–Kier alpha value is -1.88. The van der Waals surface area contributed by atoms with Crippen molar-refractivity contribution in [3.05, 3.63) is 30.5 Å². The topological polar surface area (TPSA) is 60.2 Å². The van der Waals surface area contributed by atoms with E-state index in [1.54, 1.807) is 18.0 Å². The average Bonchev–Trinajstić information content (AvgIpc) is 2.88. The van der Waals surface area contributed by atoms with Crippen molar-refractivity contribution in [2.24, 2.45) is 0 Å². The number of benzene rings is 1. The molecule has 5 heteroatoms. The Bertz CT molecular complexity index is 535. The fourth-order valence-electron chi connectivity index (χ4n) is 1.79. The number of aliphatic hydroxyl groups excluding tert-OH is 1. The van der Waals surface area contributed by atoms with Crippen LogP contribution in [-0.4, -0.2) is 33.8 Å². The van der Waals surface area contributed by atoms with Gasteiger partial charge in [-0.05, 0) is 26.0 Å². The second-order valence-corrected chi connectivity index (χ2v) is 4.70. The van der Waals surface area contributed by atoms with Gasteiger partial charge in [-0.3, -0.25) is 0 Å². The van der Waals surface area contributed by atoms with Gasteiger partial charge in [0.05, 0.1) is 31.1 Å². The molecule has 0 fully saturated rings. The van der Waals surface area contributed by atoms with Crippen LogP contribution in [-0.2, 0) is 5.54 Å². The molecule has 0 unspecified atom stereocenters. The highest BCUT2D eigenvalue weighted by Crippen LogP contribution is 2.31. The van der Waals surface area contributed by atoms with Gasteiger partial charge in [0, 0.05) is 5.56 Å². The summed E-state index contributed by atoms with van der Waals surface area (Å²) in [7, 11) is 1.63. The molecule has 0 radical (unpaired) electrons. The van der Waals surface area contributed by atoms with Crippen LogP contribution in [0.4, 0.5) is 0 Å². The van der Waals surface area contributed by atoms with Crippen LogP contribution in [0.2, 0.25) is 0 Å². The first-order chi connectivity index (χ1) is 8.60. The highest BCUT2D eigenvalue weighted by atomic mass is 16.5. The molecule has 0 aliphatic rings. The lowest BCUT2D eigenvalue weighted by atomic mass is 10.1. The van der Waals surface area contributed by atoms with E-state index in [1.165, 1.54) is 0 Å². The van der Waals surface area contributed by atoms with Gasteiger partial charge in [-0.1, -0.05) is 17.3 Å². The fraction of sp³-hybridized carbons (Fsp3) is 0.385. The van der Waals surface area contributed by atoms with Gasteiger partial charge in [0.25, 0.3) is 0 Å². The Kier molecular flexibility index (Phi) is 3.34. The largest absolute Gasteiger partial charge is 0.496 e. The Morgan fingerprint density at radius 1 is 1.33 bits per heavy atom. The van der Waals surface area contributed by atoms with E-state index in [9.17, 15) is 5.11 Å². The smallest absolute Gasteiger partial charge is 0.128 e. The summed E-state index contributed by atoms with van der Waals surface area (Å²) in [4.78, 5) is 0. The Balaban J connectivity index is 2.56. The first-order valence-electron chi connectivity index (χ1n) is 5.75. The summed E-state index contributed by atoms with van der Waals surface area (Å²) in [6.07, 6.45) is 1.68. The molecule has 0 bridgehead atoms. The summed E-state index contributed by atoms with van der Waals surface area (Å²) < 4.78 is 7.05. The predicted molar refractivity (Wildman–Crippen MR) is 68.4 cm³/mol. The summed E-state index contributed by atoms with van der Waals surface area (Å²) in [5, 5.41) is 17.4. The Labute approximate surface area is 106 Å². The first kappa shape index (κ1) is 12.6. The van der Waals surface area contributed by atoms with Crippen LogP contribution in [0.1, 0.15) is 13.8 Å². The Morgan fingerprint density at radius 2 is 2.06 bits per heavy atom. The average molecular weight is 247 g/mol. The fourth-order valence-corrected chi connectivity index (χ4v) is 1.79. The van der Waals surface area contributed by atoms with Gasteiger partial charge in [-0.25, -0.2) is 4.68 Å². The van der Waals surface area contributed by atoms with E-state index in [4.69, 9.17) is 4.74 Å². The first-order valence-corrected chi connectivity index (χ1v) is 5.75. The standard InChI is InChI=1S/C13H17N3O2/c1-13(2,9-17)16-11(8-14-15-16)10-6-4-5-7-12(10)18-3/h4-8,17H,9H2,1-3H3. The van der Waals surface area contributed by atoms with Gasteiger partial charge in [-0.15, -0.1) is 5.10 Å². The highest BCUT2D eigenvalue weighted by Gasteiger charge is 2.24. The lowest BCUT2D eigenvalue weighted by molar-refractivity contribution is 0.151. The summed E-state index contributed by atoms with van der Waals surface area (Å²) >= 11 is 0. The van der Waals surface area contributed by atoms with Gasteiger partial charge in [0.2, 0.25) is 0 Å². The second kappa shape index (κ2) is 4.78. The molecule has 0 aliphatic heterocycles. The quantitative estimate of drug-likeness (QED) is 0.893. The molecule has 1 N–H and O–H groups in total. The molecule has 0 atom stereocenters. The van der Waals surface area contributed by atoms with E-state index in [0.717, 1.165) is 17.0 Å². The maximum atomic E-state index is 9.44. The summed E-state index contributed by atoms with van der Waals surface area (Å²) in [6, 6.07) is 7.68. The van der Waals surface area contributed by atoms with Crippen LogP contribution >= 0.6 is 0 Å². The number of ether oxygens (including phenoxy) is 1. The van der Waals surface area contributed by atoms with Crippen LogP contribution in [0.5, 0.6) is 5.75 Å². The van der Waals surface area contributed by atoms with Gasteiger partial charge in [-0.2, -0.15) is 0 Å². The van der Waals surface area contributed by atoms with Gasteiger partial charge in [0.1, 0.15) is 5.75 Å². The minimum Gasteiger partial charge on any atom is -0.496 e. The van der Waals surface area contributed by atoms with E-state index in [-0.39, 0.29) is 6.61 Å². The molecule has 0 aliphatic carbocycles. The van der Waals surface area contributed by atoms with Crippen molar-refractivity contribution in [2.45, 2.75) is 19.4 Å². The maximum Gasteiger partial charge on any atom is 0.128 e. The summed E-state index contributed by atoms with van der Waals surface area (Å²) in [5.41, 5.74) is 1.23. The number of hydrogen-bond acceptors (Lipinski definition) is 4. The van der Waals surface area contributed by atoms with E-state index in [0.29, 0.717) is 0 Å². The molecule has 2 aromatic rings. The normalized spacial score (nSPS) is 11.6. The lowest BCUT2D eigenvalue weighted by Gasteiger charge is -2.24. The zero-order valence-electron chi connectivity index (χ0n) is 10.8. The van der Waals surface area contributed by atoms with Gasteiger partial charge in [0.15, 0.2) is 0 Å². The van der Waals surface area contributed by atoms with Crippen LogP contribution in [0.3, 0.4) is 0 Å². The van der Waals surface area contributed by atoms with Crippen LogP contribution in [0.25, 0.3) is 11.3 Å². The molecule has 18 heavy (non-hydrogen) atoms. The van der Waals surface area contributed by atoms with Crippen molar-refractivity contribution in [3.8, 4) is 17.0 Å². The van der Waals surface area contributed by atoms with E-state index >= 15 is 0 Å². The van der Waals surface area contributed by atoms with Crippen molar-refractivity contribution in [3.63, 3.8) is 0 Å². The number of nitrogens with zero attached hydrogens (tertiary/aromatic N) is 3. The van der Waals surface area contributed by atoms with Crippen molar-refractivity contribution in [2.75, 3.05) is 13.7 Å². The van der Waals surface area contributed by atoms with Crippen LogP contribution in [0, 0.1) is 0 Å². The number of aliphatic hydroxyl groups is 1. The van der Waals surface area contributed by atoms with E-state index in [2.05, 4.69) is 10.3 Å². The van der Waals surface area contributed by atoms with Crippen molar-refractivity contribution < 1.29 is 9.84 Å². The summed E-state index contributed by atoms with van der Waals surface area (Å²) in [6.45, 7) is 3.79. The lowest BCUT2D eigenvalue weighted by Crippen LogP contribution is -2.32. The van der Waals surface area contributed by atoms with Crippen molar-refractivity contribution >= 4 is 0 Å². The molecule has 96 valence electrons. The van der Waals surface area contributed by atoms with E-state index in [1.807, 2.05) is 38.1 Å². The third-order valence-corrected chi connectivity index (χ3v) is 2.89. The minimum absolute atomic E-state index is 0.0154. The monoisotopic (exact) mass is 247 g/mol. The number of para-hydroxylation sites is 1. The molecule has 1 aromatic carbocycles. The second-order valence-electron chi connectivity index (χ2n) is 4.70. The zero-order chi connectivity index (χ0) is 13.2. The van der Waals surface area contributed by atoms with Crippen molar-refractivity contribution in [1.82, 2.24) is 15.0 Å². The summed E-state index contributed by atoms with van der Waals surface area (Å²) in [5.74, 6) is 0.759. The number of aromatic nitrogens is 3. The SMILES string of the molecule is COc1ccccc1-c1cnnn1C(C)(C)CO. The molecular weight excluding hydrogens is 230 g/mol. The molecule has 0 amide bonds.